The van der Waals surface area contributed by atoms with E-state index in [-0.39, 0.29) is 23.6 Å². The standard InChI is InChI=1S/C12H12BrFN2O/c13-8-2-4-11(10(14)6-8)16-12(17)7-1-3-9(15)5-7/h1-4,6-7,9H,5,15H2,(H,16,17). The molecule has 0 aliphatic heterocycles. The van der Waals surface area contributed by atoms with E-state index in [2.05, 4.69) is 21.2 Å². The summed E-state index contributed by atoms with van der Waals surface area (Å²) >= 11 is 3.16. The molecule has 2 rings (SSSR count). The molecule has 1 aliphatic rings. The van der Waals surface area contributed by atoms with E-state index >= 15 is 0 Å². The SMILES string of the molecule is NC1C=CC(C(=O)Nc2ccc(Br)cc2F)C1. The van der Waals surface area contributed by atoms with E-state index in [1.807, 2.05) is 0 Å². The maximum absolute atomic E-state index is 13.5. The number of hydrogen-bond donors (Lipinski definition) is 2. The Balaban J connectivity index is 2.06. The molecule has 0 saturated heterocycles. The number of rotatable bonds is 2. The fourth-order valence-corrected chi connectivity index (χ4v) is 2.07. The van der Waals surface area contributed by atoms with Gasteiger partial charge < -0.3 is 11.1 Å². The highest BCUT2D eigenvalue weighted by Crippen LogP contribution is 2.22. The van der Waals surface area contributed by atoms with Crippen molar-refractivity contribution in [3.05, 3.63) is 40.6 Å². The molecule has 1 aromatic carbocycles. The first kappa shape index (κ1) is 12.3. The molecule has 2 unspecified atom stereocenters. The molecule has 3 nitrogen and oxygen atoms in total. The van der Waals surface area contributed by atoms with Crippen LogP contribution in [0.3, 0.4) is 0 Å². The van der Waals surface area contributed by atoms with Crippen molar-refractivity contribution in [2.24, 2.45) is 11.7 Å². The molecule has 0 bridgehead atoms. The second kappa shape index (κ2) is 4.98. The number of hydrogen-bond acceptors (Lipinski definition) is 2. The number of nitrogens with two attached hydrogens (primary N) is 1. The summed E-state index contributed by atoms with van der Waals surface area (Å²) in [6.07, 6.45) is 4.13. The van der Waals surface area contributed by atoms with Gasteiger partial charge in [-0.1, -0.05) is 28.1 Å². The Kier molecular flexibility index (Phi) is 3.59. The van der Waals surface area contributed by atoms with Gasteiger partial charge in [-0.3, -0.25) is 4.79 Å². The van der Waals surface area contributed by atoms with Crippen LogP contribution in [-0.2, 0) is 4.79 Å². The molecule has 0 aromatic heterocycles. The Morgan fingerprint density at radius 2 is 2.24 bits per heavy atom. The summed E-state index contributed by atoms with van der Waals surface area (Å²) in [5.74, 6) is -0.956. The van der Waals surface area contributed by atoms with E-state index in [1.54, 1.807) is 18.2 Å². The zero-order valence-electron chi connectivity index (χ0n) is 8.99. The number of halogens is 2. The van der Waals surface area contributed by atoms with Gasteiger partial charge in [0.15, 0.2) is 0 Å². The highest BCUT2D eigenvalue weighted by Gasteiger charge is 2.23. The van der Waals surface area contributed by atoms with Crippen molar-refractivity contribution < 1.29 is 9.18 Å². The normalized spacial score (nSPS) is 22.8. The smallest absolute Gasteiger partial charge is 0.231 e. The van der Waals surface area contributed by atoms with Crippen molar-refractivity contribution in [2.45, 2.75) is 12.5 Å². The minimum atomic E-state index is -0.459. The largest absolute Gasteiger partial charge is 0.324 e. The lowest BCUT2D eigenvalue weighted by molar-refractivity contribution is -0.118. The molecule has 0 saturated carbocycles. The number of carbonyl (C=O) groups excluding carboxylic acids is 1. The number of benzene rings is 1. The van der Waals surface area contributed by atoms with Gasteiger partial charge in [0, 0.05) is 10.5 Å². The molecule has 90 valence electrons. The predicted molar refractivity (Wildman–Crippen MR) is 68.0 cm³/mol. The van der Waals surface area contributed by atoms with Gasteiger partial charge in [-0.15, -0.1) is 0 Å². The van der Waals surface area contributed by atoms with E-state index in [0.29, 0.717) is 10.9 Å². The topological polar surface area (TPSA) is 55.1 Å². The molecular formula is C12H12BrFN2O. The highest BCUT2D eigenvalue weighted by molar-refractivity contribution is 9.10. The minimum absolute atomic E-state index is 0.0829. The lowest BCUT2D eigenvalue weighted by Crippen LogP contribution is -2.24. The van der Waals surface area contributed by atoms with Crippen molar-refractivity contribution in [1.29, 1.82) is 0 Å². The van der Waals surface area contributed by atoms with Crippen molar-refractivity contribution in [3.8, 4) is 0 Å². The van der Waals surface area contributed by atoms with Gasteiger partial charge in [0.05, 0.1) is 11.6 Å². The highest BCUT2D eigenvalue weighted by atomic mass is 79.9. The van der Waals surface area contributed by atoms with E-state index in [0.717, 1.165) is 0 Å². The Morgan fingerprint density at radius 1 is 1.47 bits per heavy atom. The van der Waals surface area contributed by atoms with E-state index in [9.17, 15) is 9.18 Å². The quantitative estimate of drug-likeness (QED) is 0.824. The van der Waals surface area contributed by atoms with Crippen LogP contribution in [0.1, 0.15) is 6.42 Å². The first-order valence-corrected chi connectivity index (χ1v) is 6.05. The Morgan fingerprint density at radius 3 is 2.82 bits per heavy atom. The predicted octanol–water partition coefficient (Wildman–Crippen LogP) is 2.43. The summed E-state index contributed by atoms with van der Waals surface area (Å²) in [5.41, 5.74) is 5.85. The number of carbonyl (C=O) groups is 1. The average molecular weight is 299 g/mol. The lowest BCUT2D eigenvalue weighted by Gasteiger charge is -2.11. The Hall–Kier alpha value is -1.20. The zero-order chi connectivity index (χ0) is 12.4. The molecule has 17 heavy (non-hydrogen) atoms. The van der Waals surface area contributed by atoms with E-state index in [1.165, 1.54) is 12.1 Å². The number of amides is 1. The van der Waals surface area contributed by atoms with Crippen molar-refractivity contribution in [3.63, 3.8) is 0 Å². The summed E-state index contributed by atoms with van der Waals surface area (Å²) in [4.78, 5) is 11.8. The average Bonchev–Trinajstić information content (AvgIpc) is 2.69. The molecule has 1 aromatic rings. The molecule has 1 aliphatic carbocycles. The van der Waals surface area contributed by atoms with Crippen molar-refractivity contribution in [1.82, 2.24) is 0 Å². The van der Waals surface area contributed by atoms with Gasteiger partial charge in [0.2, 0.25) is 5.91 Å². The zero-order valence-corrected chi connectivity index (χ0v) is 10.6. The fraction of sp³-hybridized carbons (Fsp3) is 0.250. The second-order valence-corrected chi connectivity index (χ2v) is 4.92. The van der Waals surface area contributed by atoms with Crippen LogP contribution >= 0.6 is 15.9 Å². The van der Waals surface area contributed by atoms with Crippen LogP contribution in [0.25, 0.3) is 0 Å². The van der Waals surface area contributed by atoms with Crippen LogP contribution in [0, 0.1) is 11.7 Å². The molecule has 0 spiro atoms. The van der Waals surface area contributed by atoms with Gasteiger partial charge in [-0.2, -0.15) is 0 Å². The third kappa shape index (κ3) is 2.92. The van der Waals surface area contributed by atoms with Crippen LogP contribution in [0.4, 0.5) is 10.1 Å². The summed E-state index contributed by atoms with van der Waals surface area (Å²) in [6, 6.07) is 4.43. The summed E-state index contributed by atoms with van der Waals surface area (Å²) in [5, 5.41) is 2.56. The minimum Gasteiger partial charge on any atom is -0.324 e. The van der Waals surface area contributed by atoms with E-state index < -0.39 is 5.82 Å². The Labute approximate surface area is 107 Å². The van der Waals surface area contributed by atoms with Gasteiger partial charge in [-0.05, 0) is 24.6 Å². The van der Waals surface area contributed by atoms with Crippen molar-refractivity contribution in [2.75, 3.05) is 5.32 Å². The van der Waals surface area contributed by atoms with Crippen LogP contribution in [0.15, 0.2) is 34.8 Å². The summed E-state index contributed by atoms with van der Waals surface area (Å²) < 4.78 is 14.1. The third-order valence-corrected chi connectivity index (χ3v) is 3.14. The summed E-state index contributed by atoms with van der Waals surface area (Å²) in [7, 11) is 0. The maximum Gasteiger partial charge on any atom is 0.231 e. The number of anilines is 1. The van der Waals surface area contributed by atoms with Gasteiger partial charge in [0.1, 0.15) is 5.82 Å². The fourth-order valence-electron chi connectivity index (χ4n) is 1.74. The Bertz CT molecular complexity index is 476. The van der Waals surface area contributed by atoms with Gasteiger partial charge in [0.25, 0.3) is 0 Å². The number of nitrogens with one attached hydrogen (secondary N) is 1. The van der Waals surface area contributed by atoms with Crippen LogP contribution < -0.4 is 11.1 Å². The van der Waals surface area contributed by atoms with Crippen LogP contribution in [0.2, 0.25) is 0 Å². The molecular weight excluding hydrogens is 287 g/mol. The molecule has 2 atom stereocenters. The second-order valence-electron chi connectivity index (χ2n) is 4.00. The molecule has 1 amide bonds. The van der Waals surface area contributed by atoms with Crippen molar-refractivity contribution >= 4 is 27.5 Å². The lowest BCUT2D eigenvalue weighted by atomic mass is 10.1. The summed E-state index contributed by atoms with van der Waals surface area (Å²) in [6.45, 7) is 0. The third-order valence-electron chi connectivity index (χ3n) is 2.64. The molecule has 0 heterocycles. The first-order chi connectivity index (χ1) is 8.06. The van der Waals surface area contributed by atoms with Gasteiger partial charge in [-0.25, -0.2) is 4.39 Å². The van der Waals surface area contributed by atoms with Gasteiger partial charge >= 0.3 is 0 Å². The van der Waals surface area contributed by atoms with Crippen LogP contribution in [-0.4, -0.2) is 11.9 Å². The molecule has 0 fully saturated rings. The molecule has 0 radical (unpaired) electrons. The molecule has 5 heteroatoms. The molecule has 3 N–H and O–H groups in total. The monoisotopic (exact) mass is 298 g/mol. The van der Waals surface area contributed by atoms with Crippen LogP contribution in [0.5, 0.6) is 0 Å². The van der Waals surface area contributed by atoms with E-state index in [4.69, 9.17) is 5.73 Å². The first-order valence-electron chi connectivity index (χ1n) is 5.26. The maximum atomic E-state index is 13.5.